The molecular formula is C18H22BF3N2O3. The van der Waals surface area contributed by atoms with Crippen molar-refractivity contribution < 1.29 is 27.6 Å². The van der Waals surface area contributed by atoms with Crippen LogP contribution in [0, 0.1) is 5.41 Å². The molecule has 9 heteroatoms. The molecule has 0 amide bonds. The second-order valence-corrected chi connectivity index (χ2v) is 8.76. The van der Waals surface area contributed by atoms with E-state index < -0.39 is 24.5 Å². The monoisotopic (exact) mass is 382 g/mol. The summed E-state index contributed by atoms with van der Waals surface area (Å²) in [5.41, 5.74) is -1.15. The maximum Gasteiger partial charge on any atom is 0.493 e. The lowest BCUT2D eigenvalue weighted by atomic mass is 9.74. The lowest BCUT2D eigenvalue weighted by Crippen LogP contribution is -2.47. The highest BCUT2D eigenvalue weighted by atomic mass is 19.4. The molecule has 1 N–H and O–H groups in total. The zero-order valence-electron chi connectivity index (χ0n) is 15.5. The summed E-state index contributed by atoms with van der Waals surface area (Å²) < 4.78 is 54.3. The minimum Gasteiger partial charge on any atom is -0.407 e. The topological polar surface area (TPSA) is 56.5 Å². The van der Waals surface area contributed by atoms with Gasteiger partial charge in [-0.3, -0.25) is 0 Å². The van der Waals surface area contributed by atoms with Crippen LogP contribution in [0.25, 0.3) is 11.0 Å². The van der Waals surface area contributed by atoms with Gasteiger partial charge in [0.2, 0.25) is 0 Å². The first-order chi connectivity index (χ1) is 12.5. The van der Waals surface area contributed by atoms with Crippen LogP contribution in [0.2, 0.25) is 0 Å². The zero-order chi connectivity index (χ0) is 19.6. The van der Waals surface area contributed by atoms with Crippen molar-refractivity contribution in [3.8, 4) is 0 Å². The fourth-order valence-electron chi connectivity index (χ4n) is 3.86. The number of benzene rings is 1. The van der Waals surface area contributed by atoms with E-state index in [4.69, 9.17) is 9.31 Å². The van der Waals surface area contributed by atoms with Crippen molar-refractivity contribution in [2.75, 3.05) is 13.2 Å². The van der Waals surface area contributed by atoms with Crippen LogP contribution in [0.1, 0.15) is 45.2 Å². The van der Waals surface area contributed by atoms with Crippen LogP contribution in [-0.2, 0) is 15.5 Å². The molecule has 27 heavy (non-hydrogen) atoms. The Morgan fingerprint density at radius 2 is 1.81 bits per heavy atom. The minimum absolute atomic E-state index is 0.0443. The smallest absolute Gasteiger partial charge is 0.407 e. The Morgan fingerprint density at radius 1 is 1.19 bits per heavy atom. The van der Waals surface area contributed by atoms with Gasteiger partial charge < -0.3 is 19.0 Å². The Bertz CT molecular complexity index is 861. The lowest BCUT2D eigenvalue weighted by molar-refractivity contribution is -0.136. The van der Waals surface area contributed by atoms with Crippen LogP contribution >= 0.6 is 0 Å². The fraction of sp³-hybridized carbons (Fsp3) is 0.611. The van der Waals surface area contributed by atoms with Gasteiger partial charge in [0.15, 0.2) is 0 Å². The standard InChI is InChI=1S/C18H22BF3N2O3/c1-16(2)8-26-19(27-9-16)11-4-13(18(20,21)22)15-14(5-11)23-10-24(15)12-6-17(3,25)7-12/h4-5,10,12,25H,6-9H2,1-3H3/t12-,17+. The number of nitrogens with zero attached hydrogens (tertiary/aromatic N) is 2. The van der Waals surface area contributed by atoms with Crippen LogP contribution in [0.4, 0.5) is 13.2 Å². The number of aliphatic hydroxyl groups is 1. The van der Waals surface area contributed by atoms with Crippen LogP contribution in [0.15, 0.2) is 18.5 Å². The first kappa shape index (κ1) is 18.8. The Morgan fingerprint density at radius 3 is 2.37 bits per heavy atom. The molecule has 0 unspecified atom stereocenters. The Labute approximate surface area is 155 Å². The van der Waals surface area contributed by atoms with Gasteiger partial charge in [0.1, 0.15) is 0 Å². The Hall–Kier alpha value is -1.58. The predicted molar refractivity (Wildman–Crippen MR) is 94.7 cm³/mol. The third-order valence-corrected chi connectivity index (χ3v) is 5.26. The van der Waals surface area contributed by atoms with Gasteiger partial charge in [-0.05, 0) is 37.4 Å². The number of imidazole rings is 1. The number of fused-ring (bicyclic) bond motifs is 1. The van der Waals surface area contributed by atoms with E-state index >= 15 is 0 Å². The number of alkyl halides is 3. The summed E-state index contributed by atoms with van der Waals surface area (Å²) >= 11 is 0. The van der Waals surface area contributed by atoms with Gasteiger partial charge in [-0.25, -0.2) is 4.98 Å². The molecule has 1 aliphatic heterocycles. The van der Waals surface area contributed by atoms with Crippen LogP contribution in [0.3, 0.4) is 0 Å². The summed E-state index contributed by atoms with van der Waals surface area (Å²) in [6.07, 6.45) is -2.30. The molecule has 146 valence electrons. The molecule has 2 aromatic rings. The number of halogens is 3. The van der Waals surface area contributed by atoms with E-state index in [0.717, 1.165) is 6.07 Å². The van der Waals surface area contributed by atoms with Crippen LogP contribution < -0.4 is 5.46 Å². The van der Waals surface area contributed by atoms with Crippen molar-refractivity contribution in [3.63, 3.8) is 0 Å². The maximum absolute atomic E-state index is 13.8. The van der Waals surface area contributed by atoms with E-state index in [1.165, 1.54) is 10.9 Å². The third-order valence-electron chi connectivity index (χ3n) is 5.26. The van der Waals surface area contributed by atoms with Crippen molar-refractivity contribution in [1.29, 1.82) is 0 Å². The molecule has 1 aliphatic carbocycles. The minimum atomic E-state index is -4.54. The quantitative estimate of drug-likeness (QED) is 0.812. The second kappa shape index (κ2) is 5.96. The van der Waals surface area contributed by atoms with Gasteiger partial charge in [-0.1, -0.05) is 13.8 Å². The van der Waals surface area contributed by atoms with Crippen LogP contribution in [0.5, 0.6) is 0 Å². The first-order valence-electron chi connectivity index (χ1n) is 8.99. The molecule has 1 saturated heterocycles. The molecule has 1 aromatic heterocycles. The summed E-state index contributed by atoms with van der Waals surface area (Å²) in [5.74, 6) is 0. The van der Waals surface area contributed by atoms with Crippen molar-refractivity contribution in [2.24, 2.45) is 5.41 Å². The second-order valence-electron chi connectivity index (χ2n) is 8.76. The summed E-state index contributed by atoms with van der Waals surface area (Å²) in [5, 5.41) is 9.95. The number of hydrogen-bond acceptors (Lipinski definition) is 4. The maximum atomic E-state index is 13.8. The molecule has 0 radical (unpaired) electrons. The molecule has 4 rings (SSSR count). The molecular weight excluding hydrogens is 360 g/mol. The molecule has 0 spiro atoms. The van der Waals surface area contributed by atoms with Crippen molar-refractivity contribution in [1.82, 2.24) is 9.55 Å². The van der Waals surface area contributed by atoms with Gasteiger partial charge in [-0.2, -0.15) is 13.2 Å². The summed E-state index contributed by atoms with van der Waals surface area (Å²) in [4.78, 5) is 4.20. The first-order valence-corrected chi connectivity index (χ1v) is 8.99. The van der Waals surface area contributed by atoms with Crippen molar-refractivity contribution >= 4 is 23.6 Å². The van der Waals surface area contributed by atoms with Gasteiger partial charge in [0.05, 0.1) is 28.5 Å². The van der Waals surface area contributed by atoms with E-state index in [2.05, 4.69) is 4.98 Å². The lowest BCUT2D eigenvalue weighted by Gasteiger charge is -2.42. The number of hydrogen-bond donors (Lipinski definition) is 1. The highest BCUT2D eigenvalue weighted by molar-refractivity contribution is 6.61. The molecule has 2 heterocycles. The summed E-state index contributed by atoms with van der Waals surface area (Å²) in [6.45, 7) is 6.45. The van der Waals surface area contributed by atoms with E-state index in [9.17, 15) is 18.3 Å². The zero-order valence-corrected chi connectivity index (χ0v) is 15.5. The molecule has 1 aromatic carbocycles. The highest BCUT2D eigenvalue weighted by Gasteiger charge is 2.43. The van der Waals surface area contributed by atoms with Crippen LogP contribution in [-0.4, -0.2) is 40.6 Å². The number of aromatic nitrogens is 2. The van der Waals surface area contributed by atoms with E-state index in [1.54, 1.807) is 13.0 Å². The average molecular weight is 382 g/mol. The van der Waals surface area contributed by atoms with E-state index in [-0.39, 0.29) is 22.5 Å². The molecule has 5 nitrogen and oxygen atoms in total. The third kappa shape index (κ3) is 3.48. The fourth-order valence-corrected chi connectivity index (χ4v) is 3.86. The molecule has 2 aliphatic rings. The largest absolute Gasteiger partial charge is 0.493 e. The molecule has 0 atom stereocenters. The molecule has 2 fully saturated rings. The van der Waals surface area contributed by atoms with Gasteiger partial charge in [-0.15, -0.1) is 0 Å². The molecule has 1 saturated carbocycles. The van der Waals surface area contributed by atoms with Crippen molar-refractivity contribution in [2.45, 2.75) is 51.4 Å². The molecule has 0 bridgehead atoms. The Kier molecular flexibility index (Phi) is 4.14. The average Bonchev–Trinajstić information content (AvgIpc) is 2.94. The van der Waals surface area contributed by atoms with E-state index in [0.29, 0.717) is 31.5 Å². The normalized spacial score (nSPS) is 28.4. The van der Waals surface area contributed by atoms with Gasteiger partial charge in [0.25, 0.3) is 0 Å². The predicted octanol–water partition coefficient (Wildman–Crippen LogP) is 2.91. The highest BCUT2D eigenvalue weighted by Crippen LogP contribution is 2.44. The van der Waals surface area contributed by atoms with Gasteiger partial charge in [0, 0.05) is 24.7 Å². The summed E-state index contributed by atoms with van der Waals surface area (Å²) in [6, 6.07) is 2.50. The van der Waals surface area contributed by atoms with E-state index in [1.807, 2.05) is 13.8 Å². The van der Waals surface area contributed by atoms with Gasteiger partial charge >= 0.3 is 13.3 Å². The Balaban J connectivity index is 1.74. The summed E-state index contributed by atoms with van der Waals surface area (Å²) in [7, 11) is -0.835. The SMILES string of the molecule is CC1(C)COB(c2cc(C(F)(F)F)c3c(c2)ncn3[C@H]2C[C@@](C)(O)C2)OC1. The number of rotatable bonds is 2. The van der Waals surface area contributed by atoms with Crippen molar-refractivity contribution in [3.05, 3.63) is 24.0 Å².